The second-order valence-corrected chi connectivity index (χ2v) is 3.38. The Morgan fingerprint density at radius 2 is 2.30 bits per heavy atom. The van der Waals surface area contributed by atoms with Crippen molar-refractivity contribution in [2.45, 2.75) is 12.5 Å². The predicted octanol–water partition coefficient (Wildman–Crippen LogP) is 2.04. The molecule has 0 radical (unpaired) electrons. The number of halogens is 1. The predicted molar refractivity (Wildman–Crippen MR) is 42.8 cm³/mol. The van der Waals surface area contributed by atoms with Crippen molar-refractivity contribution in [1.29, 1.82) is 0 Å². The van der Waals surface area contributed by atoms with E-state index in [0.29, 0.717) is 0 Å². The van der Waals surface area contributed by atoms with Gasteiger partial charge in [0.2, 0.25) is 0 Å². The van der Waals surface area contributed by atoms with Gasteiger partial charge >= 0.3 is 0 Å². The van der Waals surface area contributed by atoms with Gasteiger partial charge in [0.15, 0.2) is 0 Å². The van der Waals surface area contributed by atoms with Crippen LogP contribution in [0.25, 0.3) is 0 Å². The van der Waals surface area contributed by atoms with Gasteiger partial charge < -0.3 is 5.11 Å². The van der Waals surface area contributed by atoms with Gasteiger partial charge in [0.25, 0.3) is 0 Å². The van der Waals surface area contributed by atoms with Gasteiger partial charge in [0.1, 0.15) is 0 Å². The Hall–Kier alpha value is -0.340. The van der Waals surface area contributed by atoms with Crippen LogP contribution in [0.3, 0.4) is 0 Å². The second kappa shape index (κ2) is 2.07. The highest BCUT2D eigenvalue weighted by Crippen LogP contribution is 2.37. The zero-order valence-electron chi connectivity index (χ0n) is 5.34. The summed E-state index contributed by atoms with van der Waals surface area (Å²) in [5.74, 6) is 0. The molecule has 0 saturated carbocycles. The molecular weight excluding hydrogens is 192 g/mol. The van der Waals surface area contributed by atoms with Gasteiger partial charge in [-0.2, -0.15) is 0 Å². The van der Waals surface area contributed by atoms with Crippen molar-refractivity contribution < 1.29 is 5.11 Å². The maximum atomic E-state index is 9.20. The second-order valence-electron chi connectivity index (χ2n) is 2.53. The lowest BCUT2D eigenvalue weighted by atomic mass is 9.86. The summed E-state index contributed by atoms with van der Waals surface area (Å²) in [6.07, 6.45) is 0.587. The van der Waals surface area contributed by atoms with Gasteiger partial charge in [-0.25, -0.2) is 0 Å². The molecule has 1 N–H and O–H groups in total. The van der Waals surface area contributed by atoms with E-state index in [-0.39, 0.29) is 6.10 Å². The minimum absolute atomic E-state index is 0.215. The fourth-order valence-corrected chi connectivity index (χ4v) is 1.82. The standard InChI is InChI=1S/C8H7BrO/c9-7-3-1-2-5-6(7)4-8(5)10/h1-3,8,10H,4H2. The summed E-state index contributed by atoms with van der Waals surface area (Å²) in [5, 5.41) is 9.20. The Morgan fingerprint density at radius 3 is 2.90 bits per heavy atom. The fourth-order valence-electron chi connectivity index (χ4n) is 1.28. The van der Waals surface area contributed by atoms with Gasteiger partial charge in [0, 0.05) is 10.9 Å². The van der Waals surface area contributed by atoms with Crippen LogP contribution in [0, 0.1) is 0 Å². The van der Waals surface area contributed by atoms with Crippen LogP contribution in [-0.4, -0.2) is 5.11 Å². The summed E-state index contributed by atoms with van der Waals surface area (Å²) >= 11 is 3.41. The number of benzene rings is 1. The van der Waals surface area contributed by atoms with Crippen LogP contribution in [0.5, 0.6) is 0 Å². The summed E-state index contributed by atoms with van der Waals surface area (Å²) < 4.78 is 1.12. The largest absolute Gasteiger partial charge is 0.388 e. The molecule has 10 heavy (non-hydrogen) atoms. The molecule has 1 aromatic carbocycles. The summed E-state index contributed by atoms with van der Waals surface area (Å²) in [6, 6.07) is 5.92. The van der Waals surface area contributed by atoms with Crippen LogP contribution < -0.4 is 0 Å². The third-order valence-electron chi connectivity index (χ3n) is 1.91. The summed E-state index contributed by atoms with van der Waals surface area (Å²) in [5.41, 5.74) is 2.34. The Morgan fingerprint density at radius 1 is 1.50 bits per heavy atom. The van der Waals surface area contributed by atoms with Gasteiger partial charge in [-0.3, -0.25) is 0 Å². The van der Waals surface area contributed by atoms with E-state index in [0.717, 1.165) is 16.5 Å². The molecule has 2 rings (SSSR count). The molecule has 1 atom stereocenters. The zero-order valence-corrected chi connectivity index (χ0v) is 6.93. The molecule has 1 nitrogen and oxygen atoms in total. The molecule has 0 spiro atoms. The maximum Gasteiger partial charge on any atom is 0.0833 e. The van der Waals surface area contributed by atoms with E-state index in [9.17, 15) is 5.11 Å². The number of aliphatic hydroxyl groups is 1. The van der Waals surface area contributed by atoms with Crippen LogP contribution in [0.4, 0.5) is 0 Å². The third-order valence-corrected chi connectivity index (χ3v) is 2.65. The number of hydrogen-bond donors (Lipinski definition) is 1. The first-order valence-corrected chi connectivity index (χ1v) is 4.03. The average molecular weight is 199 g/mol. The molecule has 52 valence electrons. The highest BCUT2D eigenvalue weighted by atomic mass is 79.9. The maximum absolute atomic E-state index is 9.20. The monoisotopic (exact) mass is 198 g/mol. The Labute approximate surface area is 67.8 Å². The minimum atomic E-state index is -0.215. The fraction of sp³-hybridized carbons (Fsp3) is 0.250. The molecule has 1 unspecified atom stereocenters. The quantitative estimate of drug-likeness (QED) is 0.677. The molecule has 0 amide bonds. The van der Waals surface area contributed by atoms with E-state index in [1.807, 2.05) is 18.2 Å². The molecule has 0 bridgehead atoms. The SMILES string of the molecule is OC1Cc2c(Br)cccc21. The number of aliphatic hydroxyl groups excluding tert-OH is 1. The molecule has 1 aliphatic rings. The lowest BCUT2D eigenvalue weighted by molar-refractivity contribution is 0.153. The molecule has 0 aliphatic heterocycles. The van der Waals surface area contributed by atoms with Gasteiger partial charge in [-0.1, -0.05) is 28.1 Å². The lowest BCUT2D eigenvalue weighted by Gasteiger charge is -2.26. The van der Waals surface area contributed by atoms with E-state index in [4.69, 9.17) is 0 Å². The van der Waals surface area contributed by atoms with Crippen molar-refractivity contribution in [3.63, 3.8) is 0 Å². The number of hydrogen-bond acceptors (Lipinski definition) is 1. The van der Waals surface area contributed by atoms with Gasteiger partial charge in [0.05, 0.1) is 6.10 Å². The average Bonchev–Trinajstić information content (AvgIpc) is 1.91. The van der Waals surface area contributed by atoms with Crippen molar-refractivity contribution in [2.75, 3.05) is 0 Å². The molecular formula is C8H7BrO. The third kappa shape index (κ3) is 0.724. The topological polar surface area (TPSA) is 20.2 Å². The van der Waals surface area contributed by atoms with E-state index in [2.05, 4.69) is 15.9 Å². The van der Waals surface area contributed by atoms with Crippen molar-refractivity contribution in [3.8, 4) is 0 Å². The van der Waals surface area contributed by atoms with Crippen LogP contribution in [0.1, 0.15) is 17.2 Å². The van der Waals surface area contributed by atoms with E-state index in [1.54, 1.807) is 0 Å². The van der Waals surface area contributed by atoms with Crippen LogP contribution >= 0.6 is 15.9 Å². The molecule has 0 aromatic heterocycles. The summed E-state index contributed by atoms with van der Waals surface area (Å²) in [7, 11) is 0. The van der Waals surface area contributed by atoms with Crippen molar-refractivity contribution in [1.82, 2.24) is 0 Å². The molecule has 1 aromatic rings. The van der Waals surface area contributed by atoms with Crippen molar-refractivity contribution in [2.24, 2.45) is 0 Å². The first-order chi connectivity index (χ1) is 4.79. The molecule has 0 fully saturated rings. The van der Waals surface area contributed by atoms with Crippen molar-refractivity contribution in [3.05, 3.63) is 33.8 Å². The summed E-state index contributed by atoms with van der Waals surface area (Å²) in [6.45, 7) is 0. The Kier molecular flexibility index (Phi) is 1.32. The minimum Gasteiger partial charge on any atom is -0.388 e. The van der Waals surface area contributed by atoms with E-state index >= 15 is 0 Å². The van der Waals surface area contributed by atoms with E-state index < -0.39 is 0 Å². The van der Waals surface area contributed by atoms with E-state index in [1.165, 1.54) is 5.56 Å². The van der Waals surface area contributed by atoms with Gasteiger partial charge in [-0.15, -0.1) is 0 Å². The highest BCUT2D eigenvalue weighted by Gasteiger charge is 2.24. The van der Waals surface area contributed by atoms with Gasteiger partial charge in [-0.05, 0) is 17.2 Å². The lowest BCUT2D eigenvalue weighted by Crippen LogP contribution is -2.16. The van der Waals surface area contributed by atoms with Crippen LogP contribution in [0.15, 0.2) is 22.7 Å². The smallest absolute Gasteiger partial charge is 0.0833 e. The molecule has 0 heterocycles. The number of fused-ring (bicyclic) bond motifs is 1. The van der Waals surface area contributed by atoms with Crippen LogP contribution in [-0.2, 0) is 6.42 Å². The normalized spacial score (nSPS) is 21.6. The van der Waals surface area contributed by atoms with Crippen molar-refractivity contribution >= 4 is 15.9 Å². The first-order valence-electron chi connectivity index (χ1n) is 3.24. The summed E-state index contributed by atoms with van der Waals surface area (Å²) in [4.78, 5) is 0. The number of rotatable bonds is 0. The highest BCUT2D eigenvalue weighted by molar-refractivity contribution is 9.10. The van der Waals surface area contributed by atoms with Crippen LogP contribution in [0.2, 0.25) is 0 Å². The Bertz CT molecular complexity index is 270. The molecule has 1 aliphatic carbocycles. The molecule has 0 saturated heterocycles. The molecule has 2 heteroatoms. The zero-order chi connectivity index (χ0) is 7.14. The Balaban J connectivity index is 2.56. The first kappa shape index (κ1) is 6.38.